The average molecular weight is 686 g/mol. The molecule has 0 fully saturated rings. The topological polar surface area (TPSA) is 3.24 Å². The first-order valence-corrected chi connectivity index (χ1v) is 18.5. The molecule has 53 heavy (non-hydrogen) atoms. The normalized spacial score (nSPS) is 11.8. The van der Waals surface area contributed by atoms with Gasteiger partial charge in [0.25, 0.3) is 0 Å². The largest absolute Gasteiger partial charge is 0.310 e. The van der Waals surface area contributed by atoms with Crippen molar-refractivity contribution in [3.05, 3.63) is 231 Å². The van der Waals surface area contributed by atoms with Crippen LogP contribution in [0.15, 0.2) is 164 Å². The molecule has 0 bridgehead atoms. The second kappa shape index (κ2) is 15.6. The highest BCUT2D eigenvalue weighted by Gasteiger charge is 2.15. The van der Waals surface area contributed by atoms with Gasteiger partial charge in [-0.2, -0.15) is 0 Å². The van der Waals surface area contributed by atoms with Gasteiger partial charge in [-0.25, -0.2) is 0 Å². The molecular formula is C52H47N. The van der Waals surface area contributed by atoms with E-state index in [1.807, 2.05) is 0 Å². The molecule has 1 nitrogen and oxygen atoms in total. The molecule has 0 radical (unpaired) electrons. The molecule has 1 heteroatoms. The van der Waals surface area contributed by atoms with Crippen LogP contribution in [-0.2, 0) is 0 Å². The maximum absolute atomic E-state index is 2.36. The predicted molar refractivity (Wildman–Crippen MR) is 229 cm³/mol. The maximum Gasteiger partial charge on any atom is 0.0464 e. The number of benzene rings is 7. The maximum atomic E-state index is 2.36. The van der Waals surface area contributed by atoms with Crippen molar-refractivity contribution in [2.75, 3.05) is 4.90 Å². The van der Waals surface area contributed by atoms with E-state index in [9.17, 15) is 0 Å². The predicted octanol–water partition coefficient (Wildman–Crippen LogP) is 14.2. The summed E-state index contributed by atoms with van der Waals surface area (Å²) in [4.78, 5) is 2.36. The van der Waals surface area contributed by atoms with Gasteiger partial charge in [0.2, 0.25) is 0 Å². The third kappa shape index (κ3) is 8.01. The average Bonchev–Trinajstić information content (AvgIpc) is 3.18. The van der Waals surface area contributed by atoms with Crippen LogP contribution in [0, 0.1) is 41.5 Å². The second-order valence-corrected chi connectivity index (χ2v) is 14.2. The van der Waals surface area contributed by atoms with Gasteiger partial charge in [-0.1, -0.05) is 127 Å². The summed E-state index contributed by atoms with van der Waals surface area (Å²) in [6.07, 6.45) is 4.62. The van der Waals surface area contributed by atoms with Gasteiger partial charge in [0, 0.05) is 17.1 Å². The van der Waals surface area contributed by atoms with E-state index < -0.39 is 0 Å². The minimum Gasteiger partial charge on any atom is -0.310 e. The van der Waals surface area contributed by atoms with Crippen molar-refractivity contribution in [3.8, 4) is 0 Å². The molecule has 0 saturated carbocycles. The number of aryl methyl sites for hydroxylation is 6. The molecule has 0 unspecified atom stereocenters. The lowest BCUT2D eigenvalue weighted by Gasteiger charge is -2.26. The van der Waals surface area contributed by atoms with Crippen LogP contribution < -0.4 is 4.90 Å². The van der Waals surface area contributed by atoms with E-state index in [1.54, 1.807) is 0 Å². The van der Waals surface area contributed by atoms with Crippen molar-refractivity contribution in [3.63, 3.8) is 0 Å². The Labute approximate surface area is 316 Å². The number of anilines is 3. The number of rotatable bonds is 9. The van der Waals surface area contributed by atoms with Crippen molar-refractivity contribution < 1.29 is 0 Å². The number of hydrogen-bond donors (Lipinski definition) is 0. The van der Waals surface area contributed by atoms with Crippen LogP contribution >= 0.6 is 0 Å². The Morgan fingerprint density at radius 1 is 0.321 bits per heavy atom. The van der Waals surface area contributed by atoms with E-state index in [4.69, 9.17) is 0 Å². The Balaban J connectivity index is 1.27. The fourth-order valence-corrected chi connectivity index (χ4v) is 6.80. The molecule has 0 heterocycles. The summed E-state index contributed by atoms with van der Waals surface area (Å²) in [5.41, 5.74) is 20.7. The molecule has 0 atom stereocenters. The summed E-state index contributed by atoms with van der Waals surface area (Å²) in [5, 5.41) is 0. The van der Waals surface area contributed by atoms with E-state index in [0.29, 0.717) is 0 Å². The van der Waals surface area contributed by atoms with Crippen LogP contribution in [0.1, 0.15) is 66.8 Å². The Kier molecular flexibility index (Phi) is 10.4. The molecule has 7 aromatic rings. The molecule has 0 spiro atoms. The highest BCUT2D eigenvalue weighted by molar-refractivity contribution is 5.93. The highest BCUT2D eigenvalue weighted by atomic mass is 15.1. The summed E-state index contributed by atoms with van der Waals surface area (Å²) < 4.78 is 0. The molecule has 0 aliphatic carbocycles. The zero-order chi connectivity index (χ0) is 36.9. The first-order chi connectivity index (χ1) is 25.7. The van der Waals surface area contributed by atoms with Gasteiger partial charge in [-0.3, -0.25) is 0 Å². The van der Waals surface area contributed by atoms with E-state index >= 15 is 0 Å². The molecular weight excluding hydrogens is 639 g/mol. The third-order valence-electron chi connectivity index (χ3n) is 10.5. The van der Waals surface area contributed by atoms with Crippen molar-refractivity contribution >= 4 is 40.4 Å². The highest BCUT2D eigenvalue weighted by Crippen LogP contribution is 2.37. The SMILES string of the molecule is Cc1ccc(C(=Cc2ccc(N(c3ccc(C=C(c4ccccc4)c4ccc(C)c(C)c4)cc3)c3ccc(C)c(C)c3)cc2)c2ccccc2)cc1C. The molecule has 0 aromatic heterocycles. The first-order valence-electron chi connectivity index (χ1n) is 18.5. The molecule has 7 rings (SSSR count). The van der Waals surface area contributed by atoms with Gasteiger partial charge in [0.15, 0.2) is 0 Å². The number of hydrogen-bond acceptors (Lipinski definition) is 1. The summed E-state index contributed by atoms with van der Waals surface area (Å²) >= 11 is 0. The van der Waals surface area contributed by atoms with Crippen molar-refractivity contribution in [1.82, 2.24) is 0 Å². The van der Waals surface area contributed by atoms with Crippen molar-refractivity contribution in [2.24, 2.45) is 0 Å². The van der Waals surface area contributed by atoms with Gasteiger partial charge in [-0.05, 0) is 168 Å². The van der Waals surface area contributed by atoms with Crippen molar-refractivity contribution in [2.45, 2.75) is 41.5 Å². The first kappa shape index (κ1) is 35.2. The van der Waals surface area contributed by atoms with Gasteiger partial charge < -0.3 is 4.90 Å². The Hall–Kier alpha value is -6.18. The van der Waals surface area contributed by atoms with Crippen LogP contribution in [0.4, 0.5) is 17.1 Å². The Morgan fingerprint density at radius 3 is 1.06 bits per heavy atom. The summed E-state index contributed by atoms with van der Waals surface area (Å²) in [6.45, 7) is 13.1. The molecule has 0 amide bonds. The van der Waals surface area contributed by atoms with Gasteiger partial charge in [0.05, 0.1) is 0 Å². The zero-order valence-electron chi connectivity index (χ0n) is 31.7. The second-order valence-electron chi connectivity index (χ2n) is 14.2. The van der Waals surface area contributed by atoms with Crippen LogP contribution in [0.5, 0.6) is 0 Å². The zero-order valence-corrected chi connectivity index (χ0v) is 31.7. The summed E-state index contributed by atoms with van der Waals surface area (Å²) in [6, 6.07) is 59.5. The standard InChI is InChI=1S/C52H47N/c1-36-17-24-46(31-39(36)4)51(44-13-9-7-10-14-44)34-42-20-27-48(28-21-42)53(50-26-19-38(3)41(6)33-50)49-29-22-43(23-30-49)35-52(45-15-11-8-12-16-45)47-25-18-37(2)40(5)32-47/h7-35H,1-6H3. The van der Waals surface area contributed by atoms with E-state index in [0.717, 1.165) is 28.2 Å². The fraction of sp³-hybridized carbons (Fsp3) is 0.115. The monoisotopic (exact) mass is 685 g/mol. The van der Waals surface area contributed by atoms with Gasteiger partial charge in [0.1, 0.15) is 0 Å². The lowest BCUT2D eigenvalue weighted by Crippen LogP contribution is -2.10. The lowest BCUT2D eigenvalue weighted by molar-refractivity contribution is 1.25. The quantitative estimate of drug-likeness (QED) is 0.137. The minimum atomic E-state index is 1.11. The number of nitrogens with zero attached hydrogens (tertiary/aromatic N) is 1. The van der Waals surface area contributed by atoms with Crippen LogP contribution in [0.25, 0.3) is 23.3 Å². The van der Waals surface area contributed by atoms with E-state index in [1.165, 1.54) is 66.8 Å². The molecule has 7 aromatic carbocycles. The van der Waals surface area contributed by atoms with Crippen molar-refractivity contribution in [1.29, 1.82) is 0 Å². The summed E-state index contributed by atoms with van der Waals surface area (Å²) in [5.74, 6) is 0. The summed E-state index contributed by atoms with van der Waals surface area (Å²) in [7, 11) is 0. The minimum absolute atomic E-state index is 1.11. The smallest absolute Gasteiger partial charge is 0.0464 e. The van der Waals surface area contributed by atoms with Crippen LogP contribution in [0.3, 0.4) is 0 Å². The Morgan fingerprint density at radius 2 is 0.679 bits per heavy atom. The molecule has 0 aliphatic heterocycles. The molecule has 0 saturated heterocycles. The van der Waals surface area contributed by atoms with Gasteiger partial charge >= 0.3 is 0 Å². The van der Waals surface area contributed by atoms with Gasteiger partial charge in [-0.15, -0.1) is 0 Å². The fourth-order valence-electron chi connectivity index (χ4n) is 6.80. The van der Waals surface area contributed by atoms with Crippen LogP contribution in [-0.4, -0.2) is 0 Å². The molecule has 0 aliphatic rings. The lowest BCUT2D eigenvalue weighted by atomic mass is 9.93. The Bertz CT molecular complexity index is 2260. The van der Waals surface area contributed by atoms with Crippen LogP contribution in [0.2, 0.25) is 0 Å². The third-order valence-corrected chi connectivity index (χ3v) is 10.5. The molecule has 260 valence electrons. The van der Waals surface area contributed by atoms with E-state index in [2.05, 4.69) is 222 Å². The van der Waals surface area contributed by atoms with E-state index in [-0.39, 0.29) is 0 Å². The molecule has 0 N–H and O–H groups in total.